The third kappa shape index (κ3) is 5.56. The minimum absolute atomic E-state index is 0.0455. The number of hydrogen-bond donors (Lipinski definition) is 2. The molecule has 0 saturated carbocycles. The van der Waals surface area contributed by atoms with Gasteiger partial charge >= 0.3 is 7.60 Å². The van der Waals surface area contributed by atoms with Crippen molar-refractivity contribution in [1.29, 1.82) is 0 Å². The molecule has 0 aliphatic carbocycles. The van der Waals surface area contributed by atoms with Gasteiger partial charge in [0.15, 0.2) is 0 Å². The van der Waals surface area contributed by atoms with Crippen molar-refractivity contribution < 1.29 is 14.4 Å². The molecule has 5 aromatic rings. The lowest BCUT2D eigenvalue weighted by Gasteiger charge is -2.17. The Morgan fingerprint density at radius 3 is 1.39 bits per heavy atom. The van der Waals surface area contributed by atoms with E-state index in [0.717, 1.165) is 35.1 Å². The first kappa shape index (κ1) is 24.0. The average Bonchev–Trinajstić information content (AvgIpc) is 2.90. The minimum atomic E-state index is -4.49. The van der Waals surface area contributed by atoms with E-state index >= 15 is 0 Å². The van der Waals surface area contributed by atoms with Crippen LogP contribution in [0.4, 0.5) is 0 Å². The van der Waals surface area contributed by atoms with E-state index in [2.05, 4.69) is 36.4 Å². The Balaban J connectivity index is 1.51. The smallest absolute Gasteiger partial charge is 0.321 e. The van der Waals surface area contributed by atoms with Crippen molar-refractivity contribution in [2.45, 2.75) is 12.8 Å². The normalized spacial score (nSPS) is 11.4. The van der Waals surface area contributed by atoms with Gasteiger partial charge in [-0.2, -0.15) is 0 Å². The largest absolute Gasteiger partial charge is 0.356 e. The molecule has 0 spiro atoms. The standard InChI is InChI=1S/C32H27O3P/c33-36(34,35)31-13-7-12-30(28-18-14-26(15-19-28)22-24-8-3-1-4-9-24)32(31)29-20-16-27(17-21-29)23-25-10-5-2-6-11-25/h1-21H,22-23H2,(H2,33,34,35). The molecule has 0 bridgehead atoms. The first-order valence-electron chi connectivity index (χ1n) is 11.9. The van der Waals surface area contributed by atoms with E-state index in [9.17, 15) is 14.4 Å². The van der Waals surface area contributed by atoms with Crippen LogP contribution in [-0.2, 0) is 17.4 Å². The molecule has 36 heavy (non-hydrogen) atoms. The van der Waals surface area contributed by atoms with Crippen LogP contribution >= 0.6 is 7.60 Å². The fourth-order valence-corrected chi connectivity index (χ4v) is 5.40. The molecule has 5 aromatic carbocycles. The van der Waals surface area contributed by atoms with Crippen molar-refractivity contribution in [3.63, 3.8) is 0 Å². The lowest BCUT2D eigenvalue weighted by Crippen LogP contribution is -2.09. The monoisotopic (exact) mass is 490 g/mol. The zero-order valence-corrected chi connectivity index (χ0v) is 20.7. The minimum Gasteiger partial charge on any atom is -0.321 e. The predicted octanol–water partition coefficient (Wildman–Crippen LogP) is 7.01. The van der Waals surface area contributed by atoms with E-state index in [-0.39, 0.29) is 5.30 Å². The second-order valence-electron chi connectivity index (χ2n) is 8.96. The zero-order chi connectivity index (χ0) is 25.0. The molecule has 0 atom stereocenters. The zero-order valence-electron chi connectivity index (χ0n) is 19.8. The van der Waals surface area contributed by atoms with Crippen LogP contribution in [0, 0.1) is 0 Å². The molecule has 0 aliphatic heterocycles. The molecular formula is C32H27O3P. The molecule has 2 N–H and O–H groups in total. The molecule has 0 saturated heterocycles. The van der Waals surface area contributed by atoms with Crippen molar-refractivity contribution >= 4 is 12.9 Å². The Labute approximate surface area is 211 Å². The summed E-state index contributed by atoms with van der Waals surface area (Å²) in [5.74, 6) is 0. The van der Waals surface area contributed by atoms with E-state index < -0.39 is 7.60 Å². The van der Waals surface area contributed by atoms with Gasteiger partial charge < -0.3 is 9.79 Å². The summed E-state index contributed by atoms with van der Waals surface area (Å²) in [4.78, 5) is 20.3. The van der Waals surface area contributed by atoms with Gasteiger partial charge in [-0.25, -0.2) is 0 Å². The van der Waals surface area contributed by atoms with Gasteiger partial charge in [-0.05, 0) is 57.9 Å². The Morgan fingerprint density at radius 1 is 0.472 bits per heavy atom. The maximum Gasteiger partial charge on any atom is 0.356 e. The van der Waals surface area contributed by atoms with Crippen molar-refractivity contribution in [3.8, 4) is 22.3 Å². The SMILES string of the molecule is O=P(O)(O)c1cccc(-c2ccc(Cc3ccccc3)cc2)c1-c1ccc(Cc2ccccc2)cc1. The van der Waals surface area contributed by atoms with Crippen molar-refractivity contribution in [1.82, 2.24) is 0 Å². The lowest BCUT2D eigenvalue weighted by atomic mass is 9.92. The third-order valence-corrected chi connectivity index (χ3v) is 7.37. The summed E-state index contributed by atoms with van der Waals surface area (Å²) in [6.07, 6.45) is 1.64. The van der Waals surface area contributed by atoms with Crippen LogP contribution in [-0.4, -0.2) is 9.79 Å². The van der Waals surface area contributed by atoms with Gasteiger partial charge in [0.1, 0.15) is 0 Å². The Bertz CT molecular complexity index is 1490. The van der Waals surface area contributed by atoms with Crippen molar-refractivity contribution in [2.75, 3.05) is 0 Å². The van der Waals surface area contributed by atoms with Gasteiger partial charge in [0.05, 0.1) is 5.30 Å². The highest BCUT2D eigenvalue weighted by molar-refractivity contribution is 7.60. The Hall–Kier alpha value is -3.75. The fourth-order valence-electron chi connectivity index (χ4n) is 4.58. The topological polar surface area (TPSA) is 57.5 Å². The van der Waals surface area contributed by atoms with E-state index in [1.807, 2.05) is 78.9 Å². The summed E-state index contributed by atoms with van der Waals surface area (Å²) in [6, 6.07) is 41.9. The highest BCUT2D eigenvalue weighted by Crippen LogP contribution is 2.42. The summed E-state index contributed by atoms with van der Waals surface area (Å²) in [5.41, 5.74) is 7.88. The quantitative estimate of drug-likeness (QED) is 0.241. The summed E-state index contributed by atoms with van der Waals surface area (Å²) in [6.45, 7) is 0. The van der Waals surface area contributed by atoms with Gasteiger partial charge in [-0.15, -0.1) is 0 Å². The van der Waals surface area contributed by atoms with Crippen LogP contribution in [0.25, 0.3) is 22.3 Å². The molecule has 0 unspecified atom stereocenters. The Morgan fingerprint density at radius 2 is 0.917 bits per heavy atom. The molecule has 0 amide bonds. The molecule has 4 heteroatoms. The summed E-state index contributed by atoms with van der Waals surface area (Å²) in [5, 5.41) is 0.0455. The van der Waals surface area contributed by atoms with E-state index in [0.29, 0.717) is 5.56 Å². The maximum atomic E-state index is 12.5. The van der Waals surface area contributed by atoms with Gasteiger partial charge in [0.25, 0.3) is 0 Å². The van der Waals surface area contributed by atoms with Crippen molar-refractivity contribution in [2.24, 2.45) is 0 Å². The number of hydrogen-bond acceptors (Lipinski definition) is 1. The van der Waals surface area contributed by atoms with Crippen LogP contribution in [0.5, 0.6) is 0 Å². The second kappa shape index (κ2) is 10.5. The van der Waals surface area contributed by atoms with E-state index in [1.54, 1.807) is 6.07 Å². The molecule has 0 heterocycles. The second-order valence-corrected chi connectivity index (χ2v) is 10.5. The van der Waals surface area contributed by atoms with Gasteiger partial charge in [0, 0.05) is 5.56 Å². The van der Waals surface area contributed by atoms with Crippen LogP contribution < -0.4 is 5.30 Å². The van der Waals surface area contributed by atoms with Gasteiger partial charge in [0.2, 0.25) is 0 Å². The molecule has 5 rings (SSSR count). The Kier molecular flexibility index (Phi) is 6.97. The number of rotatable bonds is 7. The average molecular weight is 491 g/mol. The van der Waals surface area contributed by atoms with Crippen LogP contribution in [0.2, 0.25) is 0 Å². The van der Waals surface area contributed by atoms with Crippen molar-refractivity contribution in [3.05, 3.63) is 150 Å². The molecule has 3 nitrogen and oxygen atoms in total. The van der Waals surface area contributed by atoms with E-state index in [4.69, 9.17) is 0 Å². The summed E-state index contributed by atoms with van der Waals surface area (Å²) >= 11 is 0. The summed E-state index contributed by atoms with van der Waals surface area (Å²) < 4.78 is 12.5. The predicted molar refractivity (Wildman–Crippen MR) is 147 cm³/mol. The fraction of sp³-hybridized carbons (Fsp3) is 0.0625. The van der Waals surface area contributed by atoms with Crippen LogP contribution in [0.15, 0.2) is 127 Å². The van der Waals surface area contributed by atoms with Gasteiger partial charge in [-0.1, -0.05) is 121 Å². The van der Waals surface area contributed by atoms with E-state index in [1.165, 1.54) is 22.8 Å². The molecule has 0 radical (unpaired) electrons. The summed E-state index contributed by atoms with van der Waals surface area (Å²) in [7, 11) is -4.49. The first-order valence-corrected chi connectivity index (χ1v) is 13.5. The van der Waals surface area contributed by atoms with Gasteiger partial charge in [-0.3, -0.25) is 4.57 Å². The lowest BCUT2D eigenvalue weighted by molar-refractivity contribution is 0.387. The molecule has 0 aliphatic rings. The van der Waals surface area contributed by atoms with Crippen LogP contribution in [0.3, 0.4) is 0 Å². The first-order chi connectivity index (χ1) is 17.5. The maximum absolute atomic E-state index is 12.5. The number of benzene rings is 5. The third-order valence-electron chi connectivity index (χ3n) is 6.37. The highest BCUT2D eigenvalue weighted by Gasteiger charge is 2.25. The van der Waals surface area contributed by atoms with Crippen LogP contribution in [0.1, 0.15) is 22.3 Å². The molecule has 0 aromatic heterocycles. The molecular weight excluding hydrogens is 463 g/mol. The highest BCUT2D eigenvalue weighted by atomic mass is 31.2. The molecule has 178 valence electrons. The molecule has 0 fully saturated rings.